The van der Waals surface area contributed by atoms with Crippen LogP contribution >= 0.6 is 0 Å². The molecule has 1 atom stereocenters. The summed E-state index contributed by atoms with van der Waals surface area (Å²) in [7, 11) is -3.83. The molecule has 41 heavy (non-hydrogen) atoms. The number of hydrogen-bond acceptors (Lipinski definition) is 5. The number of benzene rings is 3. The average molecular weight is 580 g/mol. The van der Waals surface area contributed by atoms with Crippen molar-refractivity contribution in [3.05, 3.63) is 95.6 Å². The Morgan fingerprint density at radius 2 is 1.56 bits per heavy atom. The van der Waals surface area contributed by atoms with Gasteiger partial charge in [-0.05, 0) is 69.5 Å². The van der Waals surface area contributed by atoms with Crippen LogP contribution in [0.5, 0.6) is 5.75 Å². The standard InChI is InChI=1S/C32H41N3O5S/c1-7-29(31(37)33-32(3,4)5)34(21-26-15-11-12-24(2)20-26)30(36)22-35(41(6,38)39)27-16-18-28(19-17-27)40-23-25-13-9-8-10-14-25/h8-20,29H,7,21-23H2,1-6H3,(H,33,37)/t29-/m1/s1. The fourth-order valence-electron chi connectivity index (χ4n) is 4.44. The molecule has 0 heterocycles. The van der Waals surface area contributed by atoms with Crippen LogP contribution in [-0.2, 0) is 32.8 Å². The van der Waals surface area contributed by atoms with Gasteiger partial charge in [0.2, 0.25) is 21.8 Å². The maximum absolute atomic E-state index is 13.9. The normalized spacial score (nSPS) is 12.3. The summed E-state index contributed by atoms with van der Waals surface area (Å²) in [6.45, 7) is 9.52. The fourth-order valence-corrected chi connectivity index (χ4v) is 5.29. The van der Waals surface area contributed by atoms with E-state index >= 15 is 0 Å². The number of nitrogens with zero attached hydrogens (tertiary/aromatic N) is 2. The van der Waals surface area contributed by atoms with Gasteiger partial charge in [0.25, 0.3) is 0 Å². The van der Waals surface area contributed by atoms with Crippen molar-refractivity contribution in [1.82, 2.24) is 10.2 Å². The molecule has 2 amide bonds. The SMILES string of the molecule is CC[C@H](C(=O)NC(C)(C)C)N(Cc1cccc(C)c1)C(=O)CN(c1ccc(OCc2ccccc2)cc1)S(C)(=O)=O. The Balaban J connectivity index is 1.87. The molecule has 9 heteroatoms. The molecule has 0 unspecified atom stereocenters. The average Bonchev–Trinajstić information content (AvgIpc) is 2.89. The van der Waals surface area contributed by atoms with Crippen LogP contribution in [0.4, 0.5) is 5.69 Å². The number of rotatable bonds is 12. The molecule has 0 radical (unpaired) electrons. The molecule has 0 aliphatic heterocycles. The third-order valence-electron chi connectivity index (χ3n) is 6.37. The Kier molecular flexibility index (Phi) is 10.6. The number of nitrogens with one attached hydrogen (secondary N) is 1. The number of hydrogen-bond donors (Lipinski definition) is 1. The van der Waals surface area contributed by atoms with Crippen LogP contribution in [0.3, 0.4) is 0 Å². The molecule has 3 aromatic rings. The van der Waals surface area contributed by atoms with Gasteiger partial charge in [-0.25, -0.2) is 8.42 Å². The lowest BCUT2D eigenvalue weighted by Crippen LogP contribution is -2.55. The lowest BCUT2D eigenvalue weighted by atomic mass is 10.0. The Morgan fingerprint density at radius 1 is 0.927 bits per heavy atom. The molecule has 3 aromatic carbocycles. The third-order valence-corrected chi connectivity index (χ3v) is 7.51. The molecule has 0 bridgehead atoms. The minimum Gasteiger partial charge on any atom is -0.489 e. The van der Waals surface area contributed by atoms with Gasteiger partial charge in [-0.3, -0.25) is 13.9 Å². The lowest BCUT2D eigenvalue weighted by Gasteiger charge is -2.34. The smallest absolute Gasteiger partial charge is 0.244 e. The van der Waals surface area contributed by atoms with Gasteiger partial charge in [-0.1, -0.05) is 67.1 Å². The maximum Gasteiger partial charge on any atom is 0.244 e. The molecule has 0 saturated carbocycles. The molecule has 0 fully saturated rings. The van der Waals surface area contributed by atoms with E-state index in [0.29, 0.717) is 24.5 Å². The summed E-state index contributed by atoms with van der Waals surface area (Å²) in [5.41, 5.74) is 2.72. The predicted octanol–water partition coefficient (Wildman–Crippen LogP) is 5.06. The van der Waals surface area contributed by atoms with E-state index in [1.807, 2.05) is 89.2 Å². The summed E-state index contributed by atoms with van der Waals surface area (Å²) in [5.74, 6) is -0.188. The Hall–Kier alpha value is -3.85. The van der Waals surface area contributed by atoms with Gasteiger partial charge in [0.1, 0.15) is 24.9 Å². The molecule has 3 rings (SSSR count). The topological polar surface area (TPSA) is 96.0 Å². The largest absolute Gasteiger partial charge is 0.489 e. The molecular weight excluding hydrogens is 538 g/mol. The molecule has 8 nitrogen and oxygen atoms in total. The van der Waals surface area contributed by atoms with E-state index < -0.39 is 34.1 Å². The first-order valence-corrected chi connectivity index (χ1v) is 15.5. The van der Waals surface area contributed by atoms with Crippen LogP contribution < -0.4 is 14.4 Å². The van der Waals surface area contributed by atoms with E-state index in [1.54, 1.807) is 24.3 Å². The molecule has 220 valence electrons. The molecule has 0 aliphatic rings. The monoisotopic (exact) mass is 579 g/mol. The van der Waals surface area contributed by atoms with E-state index in [-0.39, 0.29) is 12.5 Å². The predicted molar refractivity (Wildman–Crippen MR) is 163 cm³/mol. The first-order chi connectivity index (χ1) is 19.3. The minimum absolute atomic E-state index is 0.167. The van der Waals surface area contributed by atoms with Crippen molar-refractivity contribution in [1.29, 1.82) is 0 Å². The molecular formula is C32H41N3O5S. The van der Waals surface area contributed by atoms with Crippen LogP contribution in [0, 0.1) is 6.92 Å². The highest BCUT2D eigenvalue weighted by molar-refractivity contribution is 7.92. The zero-order chi connectivity index (χ0) is 30.2. The van der Waals surface area contributed by atoms with Crippen molar-refractivity contribution >= 4 is 27.5 Å². The van der Waals surface area contributed by atoms with Gasteiger partial charge < -0.3 is 15.0 Å². The van der Waals surface area contributed by atoms with Gasteiger partial charge in [0, 0.05) is 12.1 Å². The van der Waals surface area contributed by atoms with Gasteiger partial charge in [0.05, 0.1) is 11.9 Å². The van der Waals surface area contributed by atoms with Crippen molar-refractivity contribution in [2.75, 3.05) is 17.1 Å². The summed E-state index contributed by atoms with van der Waals surface area (Å²) in [4.78, 5) is 28.6. The first-order valence-electron chi connectivity index (χ1n) is 13.7. The van der Waals surface area contributed by atoms with Crippen molar-refractivity contribution in [2.45, 2.75) is 65.8 Å². The van der Waals surface area contributed by atoms with Gasteiger partial charge in [0.15, 0.2) is 0 Å². The van der Waals surface area contributed by atoms with Gasteiger partial charge >= 0.3 is 0 Å². The Bertz CT molecular complexity index is 1420. The molecule has 1 N–H and O–H groups in total. The van der Waals surface area contributed by atoms with E-state index in [0.717, 1.165) is 27.3 Å². The Labute approximate surface area is 244 Å². The highest BCUT2D eigenvalue weighted by atomic mass is 32.2. The van der Waals surface area contributed by atoms with Crippen LogP contribution in [0.1, 0.15) is 50.8 Å². The summed E-state index contributed by atoms with van der Waals surface area (Å²) in [6.07, 6.45) is 1.43. The second kappa shape index (κ2) is 13.7. The zero-order valence-electron chi connectivity index (χ0n) is 24.8. The van der Waals surface area contributed by atoms with Crippen LogP contribution in [0.25, 0.3) is 0 Å². The number of carbonyl (C=O) groups excluding carboxylic acids is 2. The van der Waals surface area contributed by atoms with E-state index in [4.69, 9.17) is 4.74 Å². The summed E-state index contributed by atoms with van der Waals surface area (Å²) >= 11 is 0. The van der Waals surface area contributed by atoms with Gasteiger partial charge in [-0.15, -0.1) is 0 Å². The number of anilines is 1. The second-order valence-electron chi connectivity index (χ2n) is 11.2. The zero-order valence-corrected chi connectivity index (χ0v) is 25.6. The van der Waals surface area contributed by atoms with E-state index in [9.17, 15) is 18.0 Å². The lowest BCUT2D eigenvalue weighted by molar-refractivity contribution is -0.141. The third kappa shape index (κ3) is 9.63. The number of carbonyl (C=O) groups is 2. The number of ether oxygens (including phenoxy) is 1. The summed E-state index contributed by atoms with van der Waals surface area (Å²) in [5, 5.41) is 2.97. The quantitative estimate of drug-likeness (QED) is 0.324. The van der Waals surface area contributed by atoms with Crippen LogP contribution in [-0.4, -0.2) is 49.5 Å². The highest BCUT2D eigenvalue weighted by Gasteiger charge is 2.33. The van der Waals surface area contributed by atoms with E-state index in [2.05, 4.69) is 5.32 Å². The van der Waals surface area contributed by atoms with Crippen molar-refractivity contribution in [3.63, 3.8) is 0 Å². The van der Waals surface area contributed by atoms with Crippen molar-refractivity contribution in [3.8, 4) is 5.75 Å². The fraction of sp³-hybridized carbons (Fsp3) is 0.375. The summed E-state index contributed by atoms with van der Waals surface area (Å²) in [6, 6.07) is 23.2. The molecule has 0 spiro atoms. The first kappa shape index (κ1) is 31.7. The van der Waals surface area contributed by atoms with Crippen LogP contribution in [0.15, 0.2) is 78.9 Å². The highest BCUT2D eigenvalue weighted by Crippen LogP contribution is 2.24. The van der Waals surface area contributed by atoms with Crippen molar-refractivity contribution < 1.29 is 22.7 Å². The van der Waals surface area contributed by atoms with Gasteiger partial charge in [-0.2, -0.15) is 0 Å². The van der Waals surface area contributed by atoms with Crippen molar-refractivity contribution in [2.24, 2.45) is 0 Å². The second-order valence-corrected chi connectivity index (χ2v) is 13.1. The Morgan fingerprint density at radius 3 is 2.12 bits per heavy atom. The summed E-state index contributed by atoms with van der Waals surface area (Å²) < 4.78 is 32.7. The minimum atomic E-state index is -3.83. The maximum atomic E-state index is 13.9. The molecule has 0 aliphatic carbocycles. The molecule has 0 saturated heterocycles. The van der Waals surface area contributed by atoms with Crippen LogP contribution in [0.2, 0.25) is 0 Å². The molecule has 0 aromatic heterocycles. The number of amides is 2. The number of aryl methyl sites for hydroxylation is 1. The number of sulfonamides is 1. The van der Waals surface area contributed by atoms with E-state index in [1.165, 1.54) is 4.90 Å².